The molecule has 0 aromatic heterocycles. The Morgan fingerprint density at radius 3 is 1.94 bits per heavy atom. The first kappa shape index (κ1) is 15.5. The predicted molar refractivity (Wildman–Crippen MR) is 75.4 cm³/mol. The van der Waals surface area contributed by atoms with E-state index >= 15 is 0 Å². The van der Waals surface area contributed by atoms with Crippen LogP contribution in [0.25, 0.3) is 0 Å². The Balaban J connectivity index is 3.42. The summed E-state index contributed by atoms with van der Waals surface area (Å²) in [5, 5.41) is 0. The van der Waals surface area contributed by atoms with E-state index in [1.54, 1.807) is 0 Å². The Morgan fingerprint density at radius 1 is 0.812 bits per heavy atom. The molecule has 1 radical (unpaired) electrons. The first-order valence-corrected chi connectivity index (χ1v) is 6.97. The van der Waals surface area contributed by atoms with Gasteiger partial charge < -0.3 is 0 Å². The van der Waals surface area contributed by atoms with Crippen molar-refractivity contribution in [2.24, 2.45) is 5.92 Å². The molecule has 0 N–H and O–H groups in total. The minimum absolute atomic E-state index is 0.364. The molecule has 0 spiro atoms. The van der Waals surface area contributed by atoms with Gasteiger partial charge in [0.05, 0.1) is 0 Å². The SMILES string of the molecule is [CH2]C(C=CCCCC)C=CCCCCCC. The fourth-order valence-electron chi connectivity index (χ4n) is 1.62. The van der Waals surface area contributed by atoms with Gasteiger partial charge in [0.15, 0.2) is 0 Å². The Labute approximate surface area is 103 Å². The average molecular weight is 221 g/mol. The highest BCUT2D eigenvalue weighted by molar-refractivity contribution is 5.01. The lowest BCUT2D eigenvalue weighted by Gasteiger charge is -1.98. The molecule has 0 heterocycles. The van der Waals surface area contributed by atoms with Crippen molar-refractivity contribution < 1.29 is 0 Å². The quantitative estimate of drug-likeness (QED) is 0.327. The second kappa shape index (κ2) is 12.5. The van der Waals surface area contributed by atoms with E-state index in [9.17, 15) is 0 Å². The summed E-state index contributed by atoms with van der Waals surface area (Å²) in [5.41, 5.74) is 0. The molecular formula is C16H29. The van der Waals surface area contributed by atoms with Gasteiger partial charge in [0.2, 0.25) is 0 Å². The van der Waals surface area contributed by atoms with Gasteiger partial charge in [-0.15, -0.1) is 0 Å². The van der Waals surface area contributed by atoms with Crippen LogP contribution in [0.15, 0.2) is 24.3 Å². The summed E-state index contributed by atoms with van der Waals surface area (Å²) in [6, 6.07) is 0. The third-order valence-corrected chi connectivity index (χ3v) is 2.72. The van der Waals surface area contributed by atoms with Gasteiger partial charge in [0.1, 0.15) is 0 Å². The Bertz CT molecular complexity index is 176. The molecule has 0 aliphatic heterocycles. The third kappa shape index (κ3) is 11.6. The largest absolute Gasteiger partial charge is 0.0879 e. The van der Waals surface area contributed by atoms with Crippen LogP contribution < -0.4 is 0 Å². The second-order valence-corrected chi connectivity index (χ2v) is 4.51. The predicted octanol–water partition coefficient (Wildman–Crippen LogP) is 5.71. The van der Waals surface area contributed by atoms with Crippen LogP contribution in [0.4, 0.5) is 0 Å². The molecule has 0 aliphatic rings. The minimum Gasteiger partial charge on any atom is -0.0879 e. The maximum Gasteiger partial charge on any atom is -0.00532 e. The molecular weight excluding hydrogens is 192 g/mol. The van der Waals surface area contributed by atoms with Crippen LogP contribution in [-0.2, 0) is 0 Å². The highest BCUT2D eigenvalue weighted by Crippen LogP contribution is 2.06. The van der Waals surface area contributed by atoms with Crippen LogP contribution >= 0.6 is 0 Å². The first-order chi connectivity index (χ1) is 7.81. The van der Waals surface area contributed by atoms with E-state index in [2.05, 4.69) is 45.1 Å². The summed E-state index contributed by atoms with van der Waals surface area (Å²) in [6.45, 7) is 8.58. The molecule has 0 aromatic rings. The van der Waals surface area contributed by atoms with Crippen molar-refractivity contribution in [1.82, 2.24) is 0 Å². The molecule has 0 aromatic carbocycles. The van der Waals surface area contributed by atoms with Crippen LogP contribution in [0.3, 0.4) is 0 Å². The molecule has 0 bridgehead atoms. The van der Waals surface area contributed by atoms with Crippen LogP contribution in [0.2, 0.25) is 0 Å². The summed E-state index contributed by atoms with van der Waals surface area (Å²) >= 11 is 0. The number of allylic oxidation sites excluding steroid dienone is 4. The van der Waals surface area contributed by atoms with E-state index in [4.69, 9.17) is 0 Å². The van der Waals surface area contributed by atoms with Gasteiger partial charge >= 0.3 is 0 Å². The van der Waals surface area contributed by atoms with E-state index in [-0.39, 0.29) is 0 Å². The maximum atomic E-state index is 4.10. The van der Waals surface area contributed by atoms with Gasteiger partial charge in [-0.3, -0.25) is 0 Å². The lowest BCUT2D eigenvalue weighted by molar-refractivity contribution is 0.673. The molecule has 0 saturated heterocycles. The summed E-state index contributed by atoms with van der Waals surface area (Å²) < 4.78 is 0. The van der Waals surface area contributed by atoms with Crippen molar-refractivity contribution in [2.45, 2.75) is 65.2 Å². The van der Waals surface area contributed by atoms with Gasteiger partial charge in [-0.05, 0) is 32.1 Å². The monoisotopic (exact) mass is 221 g/mol. The lowest BCUT2D eigenvalue weighted by Crippen LogP contribution is -1.83. The molecule has 1 unspecified atom stereocenters. The molecule has 93 valence electrons. The van der Waals surface area contributed by atoms with E-state index in [1.165, 1.54) is 51.4 Å². The van der Waals surface area contributed by atoms with E-state index in [1.807, 2.05) is 0 Å². The summed E-state index contributed by atoms with van der Waals surface area (Å²) in [5.74, 6) is 0.364. The van der Waals surface area contributed by atoms with Crippen LogP contribution in [0, 0.1) is 12.8 Å². The van der Waals surface area contributed by atoms with Crippen molar-refractivity contribution in [3.8, 4) is 0 Å². The van der Waals surface area contributed by atoms with Crippen molar-refractivity contribution in [3.63, 3.8) is 0 Å². The molecule has 0 fully saturated rings. The summed E-state index contributed by atoms with van der Waals surface area (Å²) in [7, 11) is 0. The van der Waals surface area contributed by atoms with Gasteiger partial charge in [-0.1, -0.05) is 70.3 Å². The molecule has 16 heavy (non-hydrogen) atoms. The van der Waals surface area contributed by atoms with E-state index in [0.29, 0.717) is 5.92 Å². The number of rotatable bonds is 10. The van der Waals surface area contributed by atoms with Crippen LogP contribution in [-0.4, -0.2) is 0 Å². The zero-order chi connectivity index (χ0) is 12.1. The highest BCUT2D eigenvalue weighted by atomic mass is 14.0. The maximum absolute atomic E-state index is 4.10. The molecule has 0 aliphatic carbocycles. The molecule has 0 rings (SSSR count). The number of unbranched alkanes of at least 4 members (excludes halogenated alkanes) is 6. The summed E-state index contributed by atoms with van der Waals surface area (Å²) in [4.78, 5) is 0. The fraction of sp³-hybridized carbons (Fsp3) is 0.688. The molecule has 0 nitrogen and oxygen atoms in total. The highest BCUT2D eigenvalue weighted by Gasteiger charge is 1.89. The third-order valence-electron chi connectivity index (χ3n) is 2.72. The number of hydrogen-bond donors (Lipinski definition) is 0. The summed E-state index contributed by atoms with van der Waals surface area (Å²) in [6.07, 6.45) is 19.4. The van der Waals surface area contributed by atoms with Crippen LogP contribution in [0.1, 0.15) is 65.2 Å². The molecule has 0 saturated carbocycles. The standard InChI is InChI=1S/C16H29/c1-4-6-8-10-11-13-15-16(3)14-12-9-7-5-2/h12-16H,3-11H2,1-2H3. The smallest absolute Gasteiger partial charge is 0.00532 e. The van der Waals surface area contributed by atoms with E-state index in [0.717, 1.165) is 0 Å². The van der Waals surface area contributed by atoms with E-state index < -0.39 is 0 Å². The van der Waals surface area contributed by atoms with Crippen molar-refractivity contribution >= 4 is 0 Å². The Hall–Kier alpha value is -0.520. The first-order valence-electron chi connectivity index (χ1n) is 6.97. The minimum atomic E-state index is 0.364. The van der Waals surface area contributed by atoms with Crippen molar-refractivity contribution in [1.29, 1.82) is 0 Å². The van der Waals surface area contributed by atoms with Crippen LogP contribution in [0.5, 0.6) is 0 Å². The molecule has 0 amide bonds. The normalized spacial score (nSPS) is 13.9. The Morgan fingerprint density at radius 2 is 1.38 bits per heavy atom. The molecule has 1 atom stereocenters. The fourth-order valence-corrected chi connectivity index (χ4v) is 1.62. The van der Waals surface area contributed by atoms with Crippen molar-refractivity contribution in [3.05, 3.63) is 31.2 Å². The van der Waals surface area contributed by atoms with Gasteiger partial charge in [-0.25, -0.2) is 0 Å². The van der Waals surface area contributed by atoms with Gasteiger partial charge in [0.25, 0.3) is 0 Å². The zero-order valence-corrected chi connectivity index (χ0v) is 11.3. The second-order valence-electron chi connectivity index (χ2n) is 4.51. The lowest BCUT2D eigenvalue weighted by atomic mass is 10.1. The van der Waals surface area contributed by atoms with Gasteiger partial charge in [0, 0.05) is 0 Å². The van der Waals surface area contributed by atoms with Gasteiger partial charge in [-0.2, -0.15) is 0 Å². The topological polar surface area (TPSA) is 0 Å². The average Bonchev–Trinajstić information content (AvgIpc) is 2.29. The number of hydrogen-bond acceptors (Lipinski definition) is 0. The Kier molecular flexibility index (Phi) is 12.1. The molecule has 0 heteroatoms. The van der Waals surface area contributed by atoms with Crippen molar-refractivity contribution in [2.75, 3.05) is 0 Å². The zero-order valence-electron chi connectivity index (χ0n) is 11.3.